The number of nitrogens with one attached hydrogen (secondary N) is 3. The maximum Gasteiger partial charge on any atom is 0.253 e. The molecule has 0 spiro atoms. The van der Waals surface area contributed by atoms with Crippen molar-refractivity contribution in [3.05, 3.63) is 34.2 Å². The van der Waals surface area contributed by atoms with Crippen molar-refractivity contribution >= 4 is 11.8 Å². The van der Waals surface area contributed by atoms with Gasteiger partial charge in [0, 0.05) is 25.2 Å². The first-order chi connectivity index (χ1) is 7.65. The summed E-state index contributed by atoms with van der Waals surface area (Å²) in [5.74, 6) is -0.357. The van der Waals surface area contributed by atoms with Gasteiger partial charge >= 0.3 is 0 Å². The molecule has 1 aromatic heterocycles. The van der Waals surface area contributed by atoms with E-state index in [1.165, 1.54) is 18.3 Å². The average molecular weight is 221 g/mol. The second-order valence-corrected chi connectivity index (χ2v) is 3.62. The second kappa shape index (κ2) is 4.18. The molecule has 3 N–H and O–H groups in total. The largest absolute Gasteiger partial charge is 0.354 e. The molecule has 0 aliphatic carbocycles. The first-order valence-electron chi connectivity index (χ1n) is 4.91. The summed E-state index contributed by atoms with van der Waals surface area (Å²) >= 11 is 0. The summed E-state index contributed by atoms with van der Waals surface area (Å²) in [7, 11) is 0. The Hall–Kier alpha value is -2.11. The molecule has 2 amide bonds. The molecule has 16 heavy (non-hydrogen) atoms. The Balaban J connectivity index is 2.00. The third-order valence-electron chi connectivity index (χ3n) is 2.36. The lowest BCUT2D eigenvalue weighted by atomic mass is 10.2. The molecule has 2 rings (SSSR count). The van der Waals surface area contributed by atoms with E-state index in [2.05, 4.69) is 15.6 Å². The molecule has 1 saturated heterocycles. The Bertz CT molecular complexity index is 460. The molecule has 1 fully saturated rings. The predicted octanol–water partition coefficient (Wildman–Crippen LogP) is -1.01. The fourth-order valence-corrected chi connectivity index (χ4v) is 1.53. The molecule has 1 aliphatic rings. The van der Waals surface area contributed by atoms with Crippen LogP contribution < -0.4 is 16.2 Å². The molecule has 84 valence electrons. The fraction of sp³-hybridized carbons (Fsp3) is 0.300. The number of carbonyl (C=O) groups excluding carboxylic acids is 2. The Kier molecular flexibility index (Phi) is 2.72. The minimum absolute atomic E-state index is 0.0632. The zero-order valence-electron chi connectivity index (χ0n) is 8.45. The highest BCUT2D eigenvalue weighted by Gasteiger charge is 2.23. The van der Waals surface area contributed by atoms with Crippen LogP contribution in [0.15, 0.2) is 23.1 Å². The maximum atomic E-state index is 11.6. The lowest BCUT2D eigenvalue weighted by molar-refractivity contribution is -0.119. The molecule has 1 aliphatic heterocycles. The van der Waals surface area contributed by atoms with E-state index < -0.39 is 0 Å². The first-order valence-corrected chi connectivity index (χ1v) is 4.91. The van der Waals surface area contributed by atoms with Crippen LogP contribution >= 0.6 is 0 Å². The Morgan fingerprint density at radius 2 is 2.19 bits per heavy atom. The predicted molar refractivity (Wildman–Crippen MR) is 55.9 cm³/mol. The van der Waals surface area contributed by atoms with Crippen LogP contribution in [-0.4, -0.2) is 29.4 Å². The number of carbonyl (C=O) groups is 2. The molecule has 0 saturated carbocycles. The summed E-state index contributed by atoms with van der Waals surface area (Å²) in [6.07, 6.45) is 1.65. The molecule has 6 nitrogen and oxygen atoms in total. The van der Waals surface area contributed by atoms with Gasteiger partial charge in [0.2, 0.25) is 11.5 Å². The van der Waals surface area contributed by atoms with Crippen LogP contribution in [0.5, 0.6) is 0 Å². The van der Waals surface area contributed by atoms with Crippen molar-refractivity contribution in [3.63, 3.8) is 0 Å². The van der Waals surface area contributed by atoms with Crippen molar-refractivity contribution in [2.24, 2.45) is 0 Å². The topological polar surface area (TPSA) is 91.1 Å². The van der Waals surface area contributed by atoms with Gasteiger partial charge in [-0.05, 0) is 6.07 Å². The van der Waals surface area contributed by atoms with Gasteiger partial charge in [-0.25, -0.2) is 0 Å². The van der Waals surface area contributed by atoms with Gasteiger partial charge in [0.1, 0.15) is 0 Å². The van der Waals surface area contributed by atoms with E-state index in [-0.39, 0.29) is 23.4 Å². The summed E-state index contributed by atoms with van der Waals surface area (Å²) in [6.45, 7) is 0.452. The summed E-state index contributed by atoms with van der Waals surface area (Å²) in [4.78, 5) is 35.8. The Morgan fingerprint density at radius 3 is 2.75 bits per heavy atom. The molecular weight excluding hydrogens is 210 g/mol. The van der Waals surface area contributed by atoms with Gasteiger partial charge in [-0.3, -0.25) is 14.4 Å². The zero-order valence-corrected chi connectivity index (χ0v) is 8.45. The number of hydrogen-bond acceptors (Lipinski definition) is 3. The number of amides is 2. The van der Waals surface area contributed by atoms with Gasteiger partial charge in [-0.2, -0.15) is 0 Å². The van der Waals surface area contributed by atoms with E-state index in [9.17, 15) is 14.4 Å². The zero-order chi connectivity index (χ0) is 11.5. The number of aromatic nitrogens is 1. The first kappa shape index (κ1) is 10.4. The maximum absolute atomic E-state index is 11.6. The summed E-state index contributed by atoms with van der Waals surface area (Å²) in [6, 6.07) is 2.55. The average Bonchev–Trinajstić information content (AvgIpc) is 2.65. The molecule has 1 aromatic rings. The number of pyridine rings is 1. The molecule has 0 aromatic carbocycles. The third kappa shape index (κ3) is 2.28. The van der Waals surface area contributed by atoms with Crippen LogP contribution in [0, 0.1) is 0 Å². The van der Waals surface area contributed by atoms with Gasteiger partial charge in [0.15, 0.2) is 0 Å². The van der Waals surface area contributed by atoms with Gasteiger partial charge < -0.3 is 15.6 Å². The van der Waals surface area contributed by atoms with Crippen LogP contribution in [0.4, 0.5) is 0 Å². The molecule has 0 radical (unpaired) electrons. The van der Waals surface area contributed by atoms with Crippen LogP contribution in [0.25, 0.3) is 0 Å². The van der Waals surface area contributed by atoms with E-state index in [1.54, 1.807) is 0 Å². The highest BCUT2D eigenvalue weighted by molar-refractivity contribution is 5.94. The molecule has 1 unspecified atom stereocenters. The van der Waals surface area contributed by atoms with Crippen molar-refractivity contribution in [3.8, 4) is 0 Å². The van der Waals surface area contributed by atoms with Crippen molar-refractivity contribution in [1.82, 2.24) is 15.6 Å². The highest BCUT2D eigenvalue weighted by atomic mass is 16.2. The molecule has 1 atom stereocenters. The Labute approximate surface area is 91.1 Å². The normalized spacial score (nSPS) is 19.2. The van der Waals surface area contributed by atoms with Crippen LogP contribution in [0.3, 0.4) is 0 Å². The quantitative estimate of drug-likeness (QED) is 0.597. The minimum atomic E-state index is -0.294. The molecular formula is C10H11N3O3. The van der Waals surface area contributed by atoms with Crippen molar-refractivity contribution in [1.29, 1.82) is 0 Å². The fourth-order valence-electron chi connectivity index (χ4n) is 1.53. The molecule has 2 heterocycles. The van der Waals surface area contributed by atoms with Gasteiger partial charge in [-0.15, -0.1) is 0 Å². The summed E-state index contributed by atoms with van der Waals surface area (Å²) in [5.41, 5.74) is 0.119. The van der Waals surface area contributed by atoms with E-state index >= 15 is 0 Å². The Morgan fingerprint density at radius 1 is 1.38 bits per heavy atom. The van der Waals surface area contributed by atoms with E-state index in [4.69, 9.17) is 0 Å². The monoisotopic (exact) mass is 221 g/mol. The smallest absolute Gasteiger partial charge is 0.253 e. The van der Waals surface area contributed by atoms with Crippen LogP contribution in [-0.2, 0) is 4.79 Å². The number of rotatable bonds is 2. The second-order valence-electron chi connectivity index (χ2n) is 3.62. The van der Waals surface area contributed by atoms with Crippen molar-refractivity contribution in [2.45, 2.75) is 12.5 Å². The van der Waals surface area contributed by atoms with Crippen molar-refractivity contribution in [2.75, 3.05) is 6.54 Å². The summed E-state index contributed by atoms with van der Waals surface area (Å²) in [5, 5.41) is 5.32. The van der Waals surface area contributed by atoms with E-state index in [0.29, 0.717) is 18.5 Å². The standard InChI is InChI=1S/C10H11N3O3/c14-8-2-1-6(4-11-8)10(16)13-7-3-9(15)12-5-7/h1-2,4,7H,3,5H2,(H,11,14)(H,12,15)(H,13,16). The lowest BCUT2D eigenvalue weighted by Crippen LogP contribution is -2.36. The highest BCUT2D eigenvalue weighted by Crippen LogP contribution is 2.01. The number of hydrogen-bond donors (Lipinski definition) is 3. The van der Waals surface area contributed by atoms with Gasteiger partial charge in [0.05, 0.1) is 11.6 Å². The van der Waals surface area contributed by atoms with E-state index in [0.717, 1.165) is 0 Å². The number of H-pyrrole nitrogens is 1. The number of aromatic amines is 1. The third-order valence-corrected chi connectivity index (χ3v) is 2.36. The molecule has 0 bridgehead atoms. The van der Waals surface area contributed by atoms with Crippen molar-refractivity contribution < 1.29 is 9.59 Å². The molecule has 6 heteroatoms. The SMILES string of the molecule is O=C1CC(NC(=O)c2ccc(=O)[nH]c2)CN1. The van der Waals surface area contributed by atoms with Crippen LogP contribution in [0.2, 0.25) is 0 Å². The van der Waals surface area contributed by atoms with Crippen LogP contribution in [0.1, 0.15) is 16.8 Å². The summed E-state index contributed by atoms with van der Waals surface area (Å²) < 4.78 is 0. The van der Waals surface area contributed by atoms with E-state index in [1.807, 2.05) is 0 Å². The lowest BCUT2D eigenvalue weighted by Gasteiger charge is -2.09. The van der Waals surface area contributed by atoms with Gasteiger partial charge in [0.25, 0.3) is 5.91 Å². The van der Waals surface area contributed by atoms with Gasteiger partial charge in [-0.1, -0.05) is 0 Å². The minimum Gasteiger partial charge on any atom is -0.354 e.